The smallest absolute Gasteiger partial charge is 0.277 e. The maximum atomic E-state index is 12.1. The molecule has 0 aliphatic heterocycles. The van der Waals surface area contributed by atoms with Gasteiger partial charge in [-0.1, -0.05) is 0 Å². The number of hydrogen-bond acceptors (Lipinski definition) is 5. The number of amides is 1. The minimum Gasteiger partial charge on any atom is -0.296 e. The van der Waals surface area contributed by atoms with Gasteiger partial charge in [0, 0.05) is 17.8 Å². The van der Waals surface area contributed by atoms with E-state index in [2.05, 4.69) is 36.4 Å². The molecule has 3 rings (SSSR count). The van der Waals surface area contributed by atoms with Crippen LogP contribution in [0.5, 0.6) is 0 Å². The van der Waals surface area contributed by atoms with E-state index in [-0.39, 0.29) is 5.91 Å². The Morgan fingerprint density at radius 1 is 1.41 bits per heavy atom. The second-order valence-corrected chi connectivity index (χ2v) is 6.35. The Morgan fingerprint density at radius 3 is 2.86 bits per heavy atom. The minimum atomic E-state index is -0.275. The lowest BCUT2D eigenvalue weighted by atomic mass is 10.4. The summed E-state index contributed by atoms with van der Waals surface area (Å²) in [5.41, 5.74) is 2.28. The highest BCUT2D eigenvalue weighted by molar-refractivity contribution is 9.10. The Hall–Kier alpha value is -2.00. The molecule has 0 aliphatic carbocycles. The molecule has 7 nitrogen and oxygen atoms in total. The molecule has 0 saturated heterocycles. The van der Waals surface area contributed by atoms with Crippen molar-refractivity contribution in [2.24, 2.45) is 0 Å². The number of carbonyl (C=O) groups excluding carboxylic acids is 1. The van der Waals surface area contributed by atoms with Crippen LogP contribution in [0.15, 0.2) is 28.3 Å². The van der Waals surface area contributed by atoms with Gasteiger partial charge in [0.05, 0.1) is 15.9 Å². The first-order chi connectivity index (χ1) is 10.5. The van der Waals surface area contributed by atoms with Crippen molar-refractivity contribution in [1.82, 2.24) is 24.5 Å². The number of carbonyl (C=O) groups is 1. The van der Waals surface area contributed by atoms with Crippen molar-refractivity contribution in [2.45, 2.75) is 20.5 Å². The van der Waals surface area contributed by atoms with Crippen LogP contribution in [0.4, 0.5) is 5.13 Å². The quantitative estimate of drug-likeness (QED) is 0.754. The van der Waals surface area contributed by atoms with Gasteiger partial charge in [-0.15, -0.1) is 11.3 Å². The zero-order valence-corrected chi connectivity index (χ0v) is 14.3. The highest BCUT2D eigenvalue weighted by atomic mass is 79.9. The highest BCUT2D eigenvalue weighted by Crippen LogP contribution is 2.19. The third-order valence-corrected chi connectivity index (χ3v) is 4.93. The van der Waals surface area contributed by atoms with E-state index >= 15 is 0 Å². The van der Waals surface area contributed by atoms with Gasteiger partial charge in [0.15, 0.2) is 10.8 Å². The standard InChI is InChI=1S/C13H13BrN6OS/c1-8-11(14)9(2)20(17-8)7-19-5-3-10(18-19)12(21)16-13-15-4-6-22-13/h3-6H,7H2,1-2H3,(H,15,16,21). The van der Waals surface area contributed by atoms with E-state index in [1.807, 2.05) is 18.5 Å². The largest absolute Gasteiger partial charge is 0.296 e. The molecule has 114 valence electrons. The molecule has 0 radical (unpaired) electrons. The van der Waals surface area contributed by atoms with Gasteiger partial charge in [-0.05, 0) is 35.8 Å². The van der Waals surface area contributed by atoms with E-state index in [0.29, 0.717) is 17.5 Å². The lowest BCUT2D eigenvalue weighted by Crippen LogP contribution is -2.15. The van der Waals surface area contributed by atoms with Gasteiger partial charge in [0.2, 0.25) is 0 Å². The lowest BCUT2D eigenvalue weighted by Gasteiger charge is -2.04. The second-order valence-electron chi connectivity index (χ2n) is 4.66. The number of rotatable bonds is 4. The summed E-state index contributed by atoms with van der Waals surface area (Å²) in [6.07, 6.45) is 3.39. The van der Waals surface area contributed by atoms with Crippen molar-refractivity contribution in [3.63, 3.8) is 0 Å². The van der Waals surface area contributed by atoms with E-state index in [0.717, 1.165) is 15.9 Å². The highest BCUT2D eigenvalue weighted by Gasteiger charge is 2.13. The van der Waals surface area contributed by atoms with Crippen LogP contribution < -0.4 is 5.32 Å². The maximum absolute atomic E-state index is 12.1. The van der Waals surface area contributed by atoms with Crippen LogP contribution in [0.25, 0.3) is 0 Å². The van der Waals surface area contributed by atoms with Crippen molar-refractivity contribution in [1.29, 1.82) is 0 Å². The summed E-state index contributed by atoms with van der Waals surface area (Å²) in [5.74, 6) is -0.275. The third-order valence-electron chi connectivity index (χ3n) is 3.10. The Bertz CT molecular complexity index is 807. The number of anilines is 1. The summed E-state index contributed by atoms with van der Waals surface area (Å²) in [7, 11) is 0. The maximum Gasteiger partial charge on any atom is 0.277 e. The Balaban J connectivity index is 1.73. The zero-order valence-electron chi connectivity index (χ0n) is 11.9. The average molecular weight is 381 g/mol. The predicted molar refractivity (Wildman–Crippen MR) is 87.1 cm³/mol. The molecule has 9 heteroatoms. The molecule has 0 aromatic carbocycles. The van der Waals surface area contributed by atoms with Gasteiger partial charge in [0.1, 0.15) is 6.67 Å². The number of hydrogen-bond donors (Lipinski definition) is 1. The van der Waals surface area contributed by atoms with E-state index in [4.69, 9.17) is 0 Å². The summed E-state index contributed by atoms with van der Waals surface area (Å²) < 4.78 is 4.48. The Labute approximate surface area is 139 Å². The van der Waals surface area contributed by atoms with Crippen LogP contribution in [-0.4, -0.2) is 30.5 Å². The number of aryl methyl sites for hydroxylation is 1. The van der Waals surface area contributed by atoms with Gasteiger partial charge in [0.25, 0.3) is 5.91 Å². The molecular weight excluding hydrogens is 368 g/mol. The lowest BCUT2D eigenvalue weighted by molar-refractivity contribution is 0.102. The molecule has 0 bridgehead atoms. The first kappa shape index (κ1) is 14.9. The van der Waals surface area contributed by atoms with Crippen molar-refractivity contribution >= 4 is 38.3 Å². The third kappa shape index (κ3) is 2.95. The molecule has 3 heterocycles. The van der Waals surface area contributed by atoms with Gasteiger partial charge in [-0.3, -0.25) is 14.8 Å². The molecule has 0 saturated carbocycles. The normalized spacial score (nSPS) is 10.9. The summed E-state index contributed by atoms with van der Waals surface area (Å²) in [5, 5.41) is 13.8. The van der Waals surface area contributed by atoms with Crippen LogP contribution in [0, 0.1) is 13.8 Å². The van der Waals surface area contributed by atoms with Crippen molar-refractivity contribution in [3.05, 3.63) is 45.4 Å². The number of aromatic nitrogens is 5. The second kappa shape index (κ2) is 6.01. The van der Waals surface area contributed by atoms with Gasteiger partial charge < -0.3 is 0 Å². The van der Waals surface area contributed by atoms with Crippen LogP contribution in [-0.2, 0) is 6.67 Å². The monoisotopic (exact) mass is 380 g/mol. The summed E-state index contributed by atoms with van der Waals surface area (Å²) in [6.45, 7) is 4.36. The van der Waals surface area contributed by atoms with Crippen LogP contribution in [0.1, 0.15) is 21.9 Å². The summed E-state index contributed by atoms with van der Waals surface area (Å²) >= 11 is 4.86. The van der Waals surface area contributed by atoms with Crippen molar-refractivity contribution in [2.75, 3.05) is 5.32 Å². The fourth-order valence-corrected chi connectivity index (χ4v) is 2.77. The van der Waals surface area contributed by atoms with Crippen LogP contribution in [0.2, 0.25) is 0 Å². The first-order valence-electron chi connectivity index (χ1n) is 6.48. The average Bonchev–Trinajstić information content (AvgIpc) is 3.20. The molecule has 0 aliphatic rings. The fraction of sp³-hybridized carbons (Fsp3) is 0.231. The minimum absolute atomic E-state index is 0.275. The van der Waals surface area contributed by atoms with Crippen LogP contribution >= 0.6 is 27.3 Å². The van der Waals surface area contributed by atoms with Gasteiger partial charge >= 0.3 is 0 Å². The molecule has 1 N–H and O–H groups in total. The summed E-state index contributed by atoms with van der Waals surface area (Å²) in [6, 6.07) is 1.67. The molecule has 3 aromatic heterocycles. The molecule has 1 amide bonds. The molecule has 22 heavy (non-hydrogen) atoms. The number of nitrogens with zero attached hydrogens (tertiary/aromatic N) is 5. The summed E-state index contributed by atoms with van der Waals surface area (Å²) in [4.78, 5) is 16.1. The van der Waals surface area contributed by atoms with Gasteiger partial charge in [-0.25, -0.2) is 9.67 Å². The number of halogens is 1. The van der Waals surface area contributed by atoms with E-state index < -0.39 is 0 Å². The molecular formula is C13H13BrN6OS. The SMILES string of the molecule is Cc1nn(Cn2ccc(C(=O)Nc3nccs3)n2)c(C)c1Br. The Kier molecular flexibility index (Phi) is 4.08. The van der Waals surface area contributed by atoms with Crippen LogP contribution in [0.3, 0.4) is 0 Å². The topological polar surface area (TPSA) is 77.6 Å². The number of thiazole rings is 1. The predicted octanol–water partition coefficient (Wildman–Crippen LogP) is 2.67. The van der Waals surface area contributed by atoms with Crippen molar-refractivity contribution < 1.29 is 4.79 Å². The molecule has 0 spiro atoms. The Morgan fingerprint density at radius 2 is 2.23 bits per heavy atom. The molecule has 3 aromatic rings. The zero-order chi connectivity index (χ0) is 15.7. The van der Waals surface area contributed by atoms with Gasteiger partial charge in [-0.2, -0.15) is 10.2 Å². The molecule has 0 fully saturated rings. The molecule has 0 atom stereocenters. The van der Waals surface area contributed by atoms with E-state index in [9.17, 15) is 4.79 Å². The van der Waals surface area contributed by atoms with E-state index in [1.165, 1.54) is 11.3 Å². The molecule has 0 unspecified atom stereocenters. The fourth-order valence-electron chi connectivity index (χ4n) is 1.96. The van der Waals surface area contributed by atoms with Crippen molar-refractivity contribution in [3.8, 4) is 0 Å². The first-order valence-corrected chi connectivity index (χ1v) is 8.15. The van der Waals surface area contributed by atoms with E-state index in [1.54, 1.807) is 28.5 Å². The number of nitrogens with one attached hydrogen (secondary N) is 1.